The summed E-state index contributed by atoms with van der Waals surface area (Å²) in [6.45, 7) is 0.539. The Balaban J connectivity index is 1.68. The first-order chi connectivity index (χ1) is 12.2. The molecule has 6 heteroatoms. The number of aliphatic imine (C=N–C) groups is 1. The largest absolute Gasteiger partial charge is 0.337 e. The molecule has 0 radical (unpaired) electrons. The van der Waals surface area contributed by atoms with Gasteiger partial charge >= 0.3 is 0 Å². The zero-order chi connectivity index (χ0) is 17.4. The monoisotopic (exact) mass is 367 g/mol. The van der Waals surface area contributed by atoms with Gasteiger partial charge < -0.3 is 4.90 Å². The van der Waals surface area contributed by atoms with E-state index in [2.05, 4.69) is 22.0 Å². The first kappa shape index (κ1) is 16.3. The molecule has 25 heavy (non-hydrogen) atoms. The van der Waals surface area contributed by atoms with Gasteiger partial charge in [-0.15, -0.1) is 0 Å². The lowest BCUT2D eigenvalue weighted by molar-refractivity contribution is -0.122. The Bertz CT molecular complexity index is 893. The van der Waals surface area contributed by atoms with Crippen LogP contribution in [0, 0.1) is 0 Å². The van der Waals surface area contributed by atoms with Gasteiger partial charge in [0.2, 0.25) is 0 Å². The molecule has 1 fully saturated rings. The smallest absolute Gasteiger partial charge is 0.269 e. The van der Waals surface area contributed by atoms with Gasteiger partial charge in [0.1, 0.15) is 4.91 Å². The van der Waals surface area contributed by atoms with Crippen LogP contribution in [0.2, 0.25) is 0 Å². The highest BCUT2D eigenvalue weighted by atomic mass is 32.2. The molecule has 0 atom stereocenters. The van der Waals surface area contributed by atoms with Crippen LogP contribution in [0.25, 0.3) is 0 Å². The van der Waals surface area contributed by atoms with Crippen LogP contribution in [-0.4, -0.2) is 30.1 Å². The first-order valence-electron chi connectivity index (χ1n) is 7.94. The fourth-order valence-electron chi connectivity index (χ4n) is 2.91. The van der Waals surface area contributed by atoms with Crippen LogP contribution in [0.4, 0.5) is 5.69 Å². The minimum Gasteiger partial charge on any atom is -0.337 e. The molecule has 0 aromatic heterocycles. The second-order valence-electron chi connectivity index (χ2n) is 5.75. The highest BCUT2D eigenvalue weighted by Crippen LogP contribution is 2.49. The van der Waals surface area contributed by atoms with Crippen LogP contribution in [0.5, 0.6) is 0 Å². The van der Waals surface area contributed by atoms with Crippen LogP contribution in [0.1, 0.15) is 5.56 Å². The van der Waals surface area contributed by atoms with Crippen molar-refractivity contribution in [1.29, 1.82) is 0 Å². The number of benzene rings is 2. The number of para-hydroxylation sites is 1. The summed E-state index contributed by atoms with van der Waals surface area (Å²) >= 11 is 3.11. The third-order valence-corrected chi connectivity index (χ3v) is 6.69. The molecule has 4 nitrogen and oxygen atoms in total. The topological polar surface area (TPSA) is 35.9 Å². The number of hydrogen-bond acceptors (Lipinski definition) is 5. The molecule has 1 saturated heterocycles. The van der Waals surface area contributed by atoms with E-state index in [0.29, 0.717) is 6.54 Å². The quantitative estimate of drug-likeness (QED) is 0.747. The highest BCUT2D eigenvalue weighted by molar-refractivity contribution is 8.19. The number of hydrogen-bond donors (Lipinski definition) is 0. The minimum atomic E-state index is 0.0246. The van der Waals surface area contributed by atoms with Crippen molar-refractivity contribution in [2.45, 2.75) is 11.4 Å². The summed E-state index contributed by atoms with van der Waals surface area (Å²) in [5.74, 6) is 0.0246. The van der Waals surface area contributed by atoms with Crippen molar-refractivity contribution in [2.75, 3.05) is 19.0 Å². The maximum Gasteiger partial charge on any atom is 0.269 e. The fourth-order valence-corrected chi connectivity index (χ4v) is 5.19. The van der Waals surface area contributed by atoms with Gasteiger partial charge in [0.25, 0.3) is 5.91 Å². The second kappa shape index (κ2) is 6.61. The SMILES string of the molecule is CN=C1S/C(=C2\Sc3ccccc3N2C)C(=O)N1Cc1ccccc1. The van der Waals surface area contributed by atoms with Crippen molar-refractivity contribution < 1.29 is 4.79 Å². The number of carbonyl (C=O) groups is 1. The summed E-state index contributed by atoms with van der Waals surface area (Å²) in [5, 5.41) is 1.73. The Morgan fingerprint density at radius 3 is 2.44 bits per heavy atom. The first-order valence-corrected chi connectivity index (χ1v) is 9.57. The zero-order valence-electron chi connectivity index (χ0n) is 14.0. The molecular formula is C19H17N3OS2. The third-order valence-electron chi connectivity index (χ3n) is 4.17. The summed E-state index contributed by atoms with van der Waals surface area (Å²) in [7, 11) is 3.75. The number of anilines is 1. The van der Waals surface area contributed by atoms with Crippen LogP contribution >= 0.6 is 23.5 Å². The lowest BCUT2D eigenvalue weighted by atomic mass is 10.2. The molecule has 0 N–H and O–H groups in total. The maximum absolute atomic E-state index is 13.1. The number of fused-ring (bicyclic) bond motifs is 1. The van der Waals surface area contributed by atoms with E-state index in [9.17, 15) is 4.79 Å². The minimum absolute atomic E-state index is 0.0246. The fraction of sp³-hybridized carbons (Fsp3) is 0.158. The molecule has 0 bridgehead atoms. The van der Waals surface area contributed by atoms with E-state index < -0.39 is 0 Å². The molecule has 126 valence electrons. The van der Waals surface area contributed by atoms with E-state index in [0.717, 1.165) is 26.4 Å². The van der Waals surface area contributed by atoms with Gasteiger partial charge in [-0.25, -0.2) is 0 Å². The molecule has 2 aromatic carbocycles. The summed E-state index contributed by atoms with van der Waals surface area (Å²) in [6.07, 6.45) is 0. The number of thioether (sulfide) groups is 2. The van der Waals surface area contributed by atoms with E-state index in [4.69, 9.17) is 0 Å². The number of carbonyl (C=O) groups excluding carboxylic acids is 1. The van der Waals surface area contributed by atoms with Crippen molar-refractivity contribution in [3.05, 3.63) is 70.1 Å². The van der Waals surface area contributed by atoms with Gasteiger partial charge in [-0.05, 0) is 29.5 Å². The molecule has 1 amide bonds. The lowest BCUT2D eigenvalue weighted by Gasteiger charge is -2.16. The van der Waals surface area contributed by atoms with Gasteiger partial charge in [-0.1, -0.05) is 54.2 Å². The maximum atomic E-state index is 13.1. The molecule has 2 aliphatic rings. The average molecular weight is 367 g/mol. The Labute approximate surface area is 155 Å². The molecule has 2 aromatic rings. The Kier molecular flexibility index (Phi) is 4.31. The summed E-state index contributed by atoms with van der Waals surface area (Å²) in [6, 6.07) is 18.2. The van der Waals surface area contributed by atoms with Gasteiger partial charge in [0.15, 0.2) is 5.17 Å². The Hall–Kier alpha value is -2.18. The van der Waals surface area contributed by atoms with Crippen LogP contribution in [-0.2, 0) is 11.3 Å². The normalized spacial score (nSPS) is 21.4. The number of amides is 1. The van der Waals surface area contributed by atoms with Crippen molar-refractivity contribution >= 4 is 40.3 Å². The van der Waals surface area contributed by atoms with E-state index in [1.807, 2.05) is 49.5 Å². The highest BCUT2D eigenvalue weighted by Gasteiger charge is 2.38. The summed E-state index contributed by atoms with van der Waals surface area (Å²) in [5.41, 5.74) is 2.24. The molecule has 4 rings (SSSR count). The van der Waals surface area contributed by atoms with Gasteiger partial charge in [-0.3, -0.25) is 14.7 Å². The van der Waals surface area contributed by atoms with E-state index >= 15 is 0 Å². The van der Waals surface area contributed by atoms with Crippen molar-refractivity contribution in [2.24, 2.45) is 4.99 Å². The van der Waals surface area contributed by atoms with E-state index in [-0.39, 0.29) is 5.91 Å². The molecule has 0 unspecified atom stereocenters. The second-order valence-corrected chi connectivity index (χ2v) is 7.76. The molecule has 2 heterocycles. The van der Waals surface area contributed by atoms with Crippen molar-refractivity contribution in [3.63, 3.8) is 0 Å². The molecular weight excluding hydrogens is 350 g/mol. The molecule has 0 saturated carbocycles. The van der Waals surface area contributed by atoms with Gasteiger partial charge in [-0.2, -0.15) is 0 Å². The van der Waals surface area contributed by atoms with Gasteiger partial charge in [0.05, 0.1) is 17.3 Å². The Morgan fingerprint density at radius 1 is 1.00 bits per heavy atom. The number of amidine groups is 1. The average Bonchev–Trinajstić information content (AvgIpc) is 3.14. The number of nitrogens with zero attached hydrogens (tertiary/aromatic N) is 3. The third kappa shape index (κ3) is 2.85. The van der Waals surface area contributed by atoms with Crippen LogP contribution < -0.4 is 4.90 Å². The summed E-state index contributed by atoms with van der Waals surface area (Å²) in [4.78, 5) is 23.2. The standard InChI is InChI=1S/C19H17N3OS2/c1-20-19-22(12-13-8-4-3-5-9-13)17(23)16(25-19)18-21(2)14-10-6-7-11-15(14)24-18/h3-11H,12H2,1-2H3/b18-16-,20-19?. The van der Waals surface area contributed by atoms with E-state index in [1.54, 1.807) is 23.7 Å². The van der Waals surface area contributed by atoms with Crippen molar-refractivity contribution in [1.82, 2.24) is 4.90 Å². The Morgan fingerprint density at radius 2 is 1.72 bits per heavy atom. The van der Waals surface area contributed by atoms with Crippen molar-refractivity contribution in [3.8, 4) is 0 Å². The van der Waals surface area contributed by atoms with E-state index in [1.165, 1.54) is 16.7 Å². The molecule has 0 spiro atoms. The molecule has 2 aliphatic heterocycles. The predicted molar refractivity (Wildman–Crippen MR) is 106 cm³/mol. The summed E-state index contributed by atoms with van der Waals surface area (Å²) < 4.78 is 0. The van der Waals surface area contributed by atoms with Gasteiger partial charge in [0, 0.05) is 19.0 Å². The predicted octanol–water partition coefficient (Wildman–Crippen LogP) is 4.16. The lowest BCUT2D eigenvalue weighted by Crippen LogP contribution is -2.29. The zero-order valence-corrected chi connectivity index (χ0v) is 15.6. The van der Waals surface area contributed by atoms with Crippen LogP contribution in [0.15, 0.2) is 74.4 Å². The number of rotatable bonds is 2. The molecule has 0 aliphatic carbocycles. The van der Waals surface area contributed by atoms with Crippen LogP contribution in [0.3, 0.4) is 0 Å².